The second-order valence-corrected chi connectivity index (χ2v) is 5.82. The zero-order valence-electron chi connectivity index (χ0n) is 13.4. The number of Topliss-reactive ketones (excluding diaryl/α,β-unsaturated/α-hetero) is 1. The molecule has 0 unspecified atom stereocenters. The van der Waals surface area contributed by atoms with Crippen LogP contribution in [0.2, 0.25) is 0 Å². The van der Waals surface area contributed by atoms with Crippen LogP contribution < -0.4 is 4.90 Å². The smallest absolute Gasteiger partial charge is 0.294 e. The number of anilines is 1. The molecule has 122 valence electrons. The first-order chi connectivity index (χ1) is 11.4. The second-order valence-electron chi connectivity index (χ2n) is 5.82. The van der Waals surface area contributed by atoms with Crippen molar-refractivity contribution in [2.75, 3.05) is 4.90 Å². The van der Waals surface area contributed by atoms with E-state index in [2.05, 4.69) is 0 Å². The minimum Gasteiger partial charge on any atom is -0.508 e. The Morgan fingerprint density at radius 2 is 1.58 bits per heavy atom. The minimum atomic E-state index is -0.694. The van der Waals surface area contributed by atoms with Gasteiger partial charge in [-0.05, 0) is 43.7 Å². The van der Waals surface area contributed by atoms with Crippen molar-refractivity contribution in [1.82, 2.24) is 0 Å². The predicted molar refractivity (Wildman–Crippen MR) is 89.8 cm³/mol. The fourth-order valence-electron chi connectivity index (χ4n) is 2.91. The van der Waals surface area contributed by atoms with Gasteiger partial charge in [-0.2, -0.15) is 0 Å². The summed E-state index contributed by atoms with van der Waals surface area (Å²) in [6.45, 7) is 3.28. The number of benzene rings is 2. The number of ketones is 1. The first-order valence-electron chi connectivity index (χ1n) is 7.53. The summed E-state index contributed by atoms with van der Waals surface area (Å²) < 4.78 is 0. The van der Waals surface area contributed by atoms with E-state index in [1.165, 1.54) is 24.0 Å². The normalized spacial score (nSPS) is 17.5. The maximum absolute atomic E-state index is 12.6. The lowest BCUT2D eigenvalue weighted by Crippen LogP contribution is -2.30. The summed E-state index contributed by atoms with van der Waals surface area (Å²) in [7, 11) is 0. The zero-order valence-corrected chi connectivity index (χ0v) is 13.4. The van der Waals surface area contributed by atoms with E-state index in [4.69, 9.17) is 0 Å². The number of rotatable bonds is 3. The molecule has 1 aliphatic heterocycles. The van der Waals surface area contributed by atoms with Crippen LogP contribution in [0.1, 0.15) is 24.1 Å². The average molecular weight is 323 g/mol. The van der Waals surface area contributed by atoms with E-state index in [1.54, 1.807) is 12.1 Å². The van der Waals surface area contributed by atoms with Crippen molar-refractivity contribution < 1.29 is 19.8 Å². The Hall–Kier alpha value is -3.08. The lowest BCUT2D eigenvalue weighted by molar-refractivity contribution is -0.117. The Balaban J connectivity index is 2.16. The van der Waals surface area contributed by atoms with Gasteiger partial charge < -0.3 is 10.2 Å². The van der Waals surface area contributed by atoms with Crippen molar-refractivity contribution in [3.63, 3.8) is 0 Å². The Morgan fingerprint density at radius 3 is 2.12 bits per heavy atom. The highest BCUT2D eigenvalue weighted by Crippen LogP contribution is 2.41. The molecule has 2 N–H and O–H groups in total. The Bertz CT molecular complexity index is 835. The number of nitrogens with zero attached hydrogens (tertiary/aromatic N) is 1. The lowest BCUT2D eigenvalue weighted by atomic mass is 9.96. The predicted octanol–water partition coefficient (Wildman–Crippen LogP) is 3.19. The number of aromatic hydroxyl groups is 1. The molecule has 5 nitrogen and oxygen atoms in total. The second kappa shape index (κ2) is 5.85. The number of aliphatic hydroxyl groups excluding tert-OH is 1. The number of aryl methyl sites for hydroxylation is 1. The van der Waals surface area contributed by atoms with Gasteiger partial charge >= 0.3 is 0 Å². The van der Waals surface area contributed by atoms with Crippen molar-refractivity contribution >= 4 is 17.4 Å². The van der Waals surface area contributed by atoms with Gasteiger partial charge in [-0.3, -0.25) is 14.5 Å². The van der Waals surface area contributed by atoms with E-state index in [0.29, 0.717) is 5.69 Å². The van der Waals surface area contributed by atoms with Crippen molar-refractivity contribution in [2.45, 2.75) is 19.9 Å². The number of carbonyl (C=O) groups excluding carboxylic acids is 2. The number of phenolic OH excluding ortho intramolecular Hbond substituents is 1. The first-order valence-corrected chi connectivity index (χ1v) is 7.53. The average Bonchev–Trinajstić information content (AvgIpc) is 2.81. The molecule has 0 aliphatic carbocycles. The number of hydrogen-bond acceptors (Lipinski definition) is 4. The fraction of sp³-hybridized carbons (Fsp3) is 0.158. The van der Waals surface area contributed by atoms with E-state index >= 15 is 0 Å². The van der Waals surface area contributed by atoms with Gasteiger partial charge in [0.25, 0.3) is 5.91 Å². The molecule has 2 aromatic carbocycles. The molecule has 24 heavy (non-hydrogen) atoms. The number of aliphatic hydroxyl groups is 1. The highest BCUT2D eigenvalue weighted by Gasteiger charge is 2.43. The van der Waals surface area contributed by atoms with E-state index in [1.807, 2.05) is 31.2 Å². The molecule has 0 saturated heterocycles. The van der Waals surface area contributed by atoms with E-state index in [-0.39, 0.29) is 17.1 Å². The Morgan fingerprint density at radius 1 is 1.00 bits per heavy atom. The summed E-state index contributed by atoms with van der Waals surface area (Å²) in [5.74, 6) is -1.44. The van der Waals surface area contributed by atoms with Crippen molar-refractivity contribution in [3.05, 3.63) is 71.0 Å². The zero-order chi connectivity index (χ0) is 17.4. The van der Waals surface area contributed by atoms with Crippen LogP contribution >= 0.6 is 0 Å². The number of phenols is 1. The van der Waals surface area contributed by atoms with Crippen LogP contribution in [0.4, 0.5) is 5.69 Å². The van der Waals surface area contributed by atoms with E-state index < -0.39 is 17.7 Å². The quantitative estimate of drug-likeness (QED) is 0.909. The maximum Gasteiger partial charge on any atom is 0.294 e. The van der Waals surface area contributed by atoms with Crippen molar-refractivity contribution in [2.24, 2.45) is 0 Å². The molecule has 5 heteroatoms. The van der Waals surface area contributed by atoms with Gasteiger partial charge in [0.05, 0.1) is 11.6 Å². The third-order valence-electron chi connectivity index (χ3n) is 4.11. The monoisotopic (exact) mass is 323 g/mol. The Kier molecular flexibility index (Phi) is 3.85. The van der Waals surface area contributed by atoms with Crippen LogP contribution in [-0.4, -0.2) is 21.9 Å². The third-order valence-corrected chi connectivity index (χ3v) is 4.11. The van der Waals surface area contributed by atoms with Gasteiger partial charge in [-0.25, -0.2) is 0 Å². The Labute approximate surface area is 139 Å². The van der Waals surface area contributed by atoms with E-state index in [9.17, 15) is 19.8 Å². The minimum absolute atomic E-state index is 0.0706. The standard InChI is InChI=1S/C19H17NO4/c1-11-3-5-13(6-4-11)17-16(12(2)21)18(23)19(24)20(17)14-7-9-15(22)10-8-14/h3-10,17,22-23H,1-2H3/t17-/m1/s1. The summed E-state index contributed by atoms with van der Waals surface area (Å²) in [5.41, 5.74) is 2.36. The molecule has 2 aromatic rings. The molecule has 0 radical (unpaired) electrons. The van der Waals surface area contributed by atoms with Crippen LogP contribution in [0.25, 0.3) is 0 Å². The highest BCUT2D eigenvalue weighted by atomic mass is 16.3. The van der Waals surface area contributed by atoms with Crippen LogP contribution in [0.3, 0.4) is 0 Å². The van der Waals surface area contributed by atoms with Crippen molar-refractivity contribution in [3.8, 4) is 5.75 Å². The SMILES string of the molecule is CC(=O)C1=C(O)C(=O)N(c2ccc(O)cc2)[C@@H]1c1ccc(C)cc1. The van der Waals surface area contributed by atoms with Crippen LogP contribution in [-0.2, 0) is 9.59 Å². The third kappa shape index (κ3) is 2.54. The van der Waals surface area contributed by atoms with Crippen LogP contribution in [0.5, 0.6) is 5.75 Å². The number of carbonyl (C=O) groups is 2. The highest BCUT2D eigenvalue weighted by molar-refractivity contribution is 6.16. The topological polar surface area (TPSA) is 77.8 Å². The molecule has 0 saturated carbocycles. The van der Waals surface area contributed by atoms with Gasteiger partial charge in [-0.15, -0.1) is 0 Å². The summed E-state index contributed by atoms with van der Waals surface area (Å²) in [5, 5.41) is 19.7. The molecular weight excluding hydrogens is 306 g/mol. The van der Waals surface area contributed by atoms with Crippen LogP contribution in [0.15, 0.2) is 59.9 Å². The molecule has 1 amide bonds. The van der Waals surface area contributed by atoms with E-state index in [0.717, 1.165) is 11.1 Å². The van der Waals surface area contributed by atoms with Crippen LogP contribution in [0, 0.1) is 6.92 Å². The maximum atomic E-state index is 12.6. The molecule has 0 aromatic heterocycles. The largest absolute Gasteiger partial charge is 0.508 e. The van der Waals surface area contributed by atoms with Crippen molar-refractivity contribution in [1.29, 1.82) is 0 Å². The molecule has 1 heterocycles. The summed E-state index contributed by atoms with van der Waals surface area (Å²) in [6.07, 6.45) is 0. The molecule has 1 aliphatic rings. The summed E-state index contributed by atoms with van der Waals surface area (Å²) in [4.78, 5) is 26.0. The number of amides is 1. The molecule has 0 bridgehead atoms. The van der Waals surface area contributed by atoms with Gasteiger partial charge in [0, 0.05) is 5.69 Å². The first kappa shape index (κ1) is 15.8. The molecular formula is C19H17NO4. The van der Waals surface area contributed by atoms with Gasteiger partial charge in [0.1, 0.15) is 5.75 Å². The summed E-state index contributed by atoms with van der Waals surface area (Å²) in [6, 6.07) is 12.8. The van der Waals surface area contributed by atoms with Gasteiger partial charge in [-0.1, -0.05) is 29.8 Å². The van der Waals surface area contributed by atoms with Gasteiger partial charge in [0.2, 0.25) is 0 Å². The molecule has 1 atom stereocenters. The fourth-order valence-corrected chi connectivity index (χ4v) is 2.91. The lowest BCUT2D eigenvalue weighted by Gasteiger charge is -2.26. The summed E-state index contributed by atoms with van der Waals surface area (Å²) >= 11 is 0. The molecule has 0 spiro atoms. The number of hydrogen-bond donors (Lipinski definition) is 2. The van der Waals surface area contributed by atoms with Gasteiger partial charge in [0.15, 0.2) is 11.5 Å². The molecule has 3 rings (SSSR count). The molecule has 0 fully saturated rings.